The molecule has 1 fully saturated rings. The molecule has 3 atom stereocenters. The van der Waals surface area contributed by atoms with E-state index >= 15 is 0 Å². The van der Waals surface area contributed by atoms with Gasteiger partial charge in [-0.2, -0.15) is 0 Å². The summed E-state index contributed by atoms with van der Waals surface area (Å²) in [5.74, 6) is 0.101. The lowest BCUT2D eigenvalue weighted by atomic mass is 9.84. The van der Waals surface area contributed by atoms with Crippen molar-refractivity contribution in [3.05, 3.63) is 0 Å². The van der Waals surface area contributed by atoms with Crippen molar-refractivity contribution in [2.45, 2.75) is 44.8 Å². The van der Waals surface area contributed by atoms with Gasteiger partial charge in [-0.25, -0.2) is 0 Å². The summed E-state index contributed by atoms with van der Waals surface area (Å²) in [4.78, 5) is 0. The Morgan fingerprint density at radius 3 is 2.77 bits per heavy atom. The number of rotatable bonds is 3. The zero-order chi connectivity index (χ0) is 9.90. The summed E-state index contributed by atoms with van der Waals surface area (Å²) in [5.41, 5.74) is -0.967. The van der Waals surface area contributed by atoms with Crippen molar-refractivity contribution in [3.8, 4) is 0 Å². The molecule has 1 rings (SSSR count). The highest BCUT2D eigenvalue weighted by atomic mass is 16.5. The van der Waals surface area contributed by atoms with E-state index in [1.807, 2.05) is 6.92 Å². The first-order valence-electron chi connectivity index (χ1n) is 5.06. The molecule has 1 saturated heterocycles. The molecule has 2 N–H and O–H groups in total. The van der Waals surface area contributed by atoms with Gasteiger partial charge >= 0.3 is 0 Å². The maximum Gasteiger partial charge on any atom is 0.0878 e. The van der Waals surface area contributed by atoms with Gasteiger partial charge in [-0.05, 0) is 26.2 Å². The highest BCUT2D eigenvalue weighted by molar-refractivity contribution is 4.86. The molecule has 3 nitrogen and oxygen atoms in total. The highest BCUT2D eigenvalue weighted by Gasteiger charge is 2.35. The van der Waals surface area contributed by atoms with E-state index in [2.05, 4.69) is 0 Å². The Balaban J connectivity index is 2.49. The van der Waals surface area contributed by atoms with Gasteiger partial charge in [-0.15, -0.1) is 0 Å². The quantitative estimate of drug-likeness (QED) is 0.693. The molecule has 1 heterocycles. The van der Waals surface area contributed by atoms with Gasteiger partial charge in [0.15, 0.2) is 0 Å². The monoisotopic (exact) mass is 188 g/mol. The summed E-state index contributed by atoms with van der Waals surface area (Å²) in [6.07, 6.45) is 1.86. The van der Waals surface area contributed by atoms with Gasteiger partial charge in [0.1, 0.15) is 0 Å². The van der Waals surface area contributed by atoms with E-state index in [4.69, 9.17) is 4.74 Å². The molecule has 0 aromatic carbocycles. The van der Waals surface area contributed by atoms with Crippen LogP contribution in [0.3, 0.4) is 0 Å². The molecule has 3 heteroatoms. The van der Waals surface area contributed by atoms with E-state index in [0.29, 0.717) is 13.0 Å². The molecule has 0 aromatic heterocycles. The normalized spacial score (nSPS) is 30.9. The van der Waals surface area contributed by atoms with Gasteiger partial charge in [-0.1, -0.05) is 6.92 Å². The highest BCUT2D eigenvalue weighted by Crippen LogP contribution is 2.26. The Bertz CT molecular complexity index is 150. The minimum atomic E-state index is -0.967. The topological polar surface area (TPSA) is 49.7 Å². The van der Waals surface area contributed by atoms with Gasteiger partial charge in [0.2, 0.25) is 0 Å². The largest absolute Gasteiger partial charge is 0.390 e. The zero-order valence-electron chi connectivity index (χ0n) is 8.49. The molecule has 0 bridgehead atoms. The number of ether oxygens (including phenoxy) is 1. The number of hydrogen-bond acceptors (Lipinski definition) is 3. The van der Waals surface area contributed by atoms with E-state index < -0.39 is 11.7 Å². The van der Waals surface area contributed by atoms with E-state index in [9.17, 15) is 10.2 Å². The zero-order valence-corrected chi connectivity index (χ0v) is 8.49. The maximum absolute atomic E-state index is 9.87. The molecule has 1 aliphatic heterocycles. The van der Waals surface area contributed by atoms with Crippen LogP contribution in [0.2, 0.25) is 0 Å². The van der Waals surface area contributed by atoms with Gasteiger partial charge in [0.05, 0.1) is 18.3 Å². The summed E-state index contributed by atoms with van der Waals surface area (Å²) in [6.45, 7) is 4.94. The van der Waals surface area contributed by atoms with E-state index in [1.165, 1.54) is 0 Å². The first-order valence-corrected chi connectivity index (χ1v) is 5.06. The van der Waals surface area contributed by atoms with Crippen LogP contribution in [-0.4, -0.2) is 35.1 Å². The van der Waals surface area contributed by atoms with Gasteiger partial charge in [0, 0.05) is 12.5 Å². The Hall–Kier alpha value is -0.120. The Kier molecular flexibility index (Phi) is 3.71. The van der Waals surface area contributed by atoms with Gasteiger partial charge in [-0.3, -0.25) is 0 Å². The van der Waals surface area contributed by atoms with Crippen molar-refractivity contribution in [1.29, 1.82) is 0 Å². The van der Waals surface area contributed by atoms with Crippen LogP contribution in [-0.2, 0) is 4.74 Å². The van der Waals surface area contributed by atoms with Crippen LogP contribution >= 0.6 is 0 Å². The number of hydrogen-bond donors (Lipinski definition) is 2. The van der Waals surface area contributed by atoms with Crippen LogP contribution in [0.15, 0.2) is 0 Å². The molecule has 1 aliphatic rings. The summed E-state index contributed by atoms with van der Waals surface area (Å²) >= 11 is 0. The van der Waals surface area contributed by atoms with Crippen molar-refractivity contribution in [2.75, 3.05) is 13.2 Å². The van der Waals surface area contributed by atoms with Crippen LogP contribution < -0.4 is 0 Å². The predicted molar refractivity (Wildman–Crippen MR) is 50.5 cm³/mol. The fourth-order valence-corrected chi connectivity index (χ4v) is 1.73. The predicted octanol–water partition coefficient (Wildman–Crippen LogP) is 0.935. The SMILES string of the molecule is CCC(C)(O)C(O)C1CCCOC1. The smallest absolute Gasteiger partial charge is 0.0878 e. The van der Waals surface area contributed by atoms with Crippen molar-refractivity contribution >= 4 is 0 Å². The van der Waals surface area contributed by atoms with Gasteiger partial charge < -0.3 is 14.9 Å². The molecular weight excluding hydrogens is 168 g/mol. The molecule has 0 spiro atoms. The average Bonchev–Trinajstić information content (AvgIpc) is 2.18. The van der Waals surface area contributed by atoms with Crippen molar-refractivity contribution in [1.82, 2.24) is 0 Å². The lowest BCUT2D eigenvalue weighted by Gasteiger charge is -2.35. The molecular formula is C10H20O3. The van der Waals surface area contributed by atoms with Crippen LogP contribution in [0.1, 0.15) is 33.1 Å². The van der Waals surface area contributed by atoms with Crippen LogP contribution in [0.25, 0.3) is 0 Å². The second-order valence-electron chi connectivity index (χ2n) is 4.13. The molecule has 0 radical (unpaired) electrons. The van der Waals surface area contributed by atoms with Crippen molar-refractivity contribution in [3.63, 3.8) is 0 Å². The summed E-state index contributed by atoms with van der Waals surface area (Å²) in [5, 5.41) is 19.7. The Morgan fingerprint density at radius 2 is 2.31 bits per heavy atom. The molecule has 0 amide bonds. The lowest BCUT2D eigenvalue weighted by Crippen LogP contribution is -2.46. The van der Waals surface area contributed by atoms with Crippen molar-refractivity contribution < 1.29 is 14.9 Å². The van der Waals surface area contributed by atoms with E-state index in [0.717, 1.165) is 19.4 Å². The molecule has 13 heavy (non-hydrogen) atoms. The number of aliphatic hydroxyl groups excluding tert-OH is 1. The summed E-state index contributed by atoms with van der Waals surface area (Å²) in [6, 6.07) is 0. The van der Waals surface area contributed by atoms with Crippen molar-refractivity contribution in [2.24, 2.45) is 5.92 Å². The first kappa shape index (κ1) is 11.0. The average molecular weight is 188 g/mol. The third-order valence-corrected chi connectivity index (χ3v) is 3.00. The van der Waals surface area contributed by atoms with E-state index in [1.54, 1.807) is 6.92 Å². The molecule has 0 aliphatic carbocycles. The molecule has 3 unspecified atom stereocenters. The minimum absolute atomic E-state index is 0.101. The Labute approximate surface area is 79.7 Å². The second-order valence-corrected chi connectivity index (χ2v) is 4.13. The molecule has 0 aromatic rings. The summed E-state index contributed by atoms with van der Waals surface area (Å²) < 4.78 is 5.27. The summed E-state index contributed by atoms with van der Waals surface area (Å²) in [7, 11) is 0. The first-order chi connectivity index (χ1) is 6.08. The van der Waals surface area contributed by atoms with Gasteiger partial charge in [0.25, 0.3) is 0 Å². The fraction of sp³-hybridized carbons (Fsp3) is 1.00. The van der Waals surface area contributed by atoms with Crippen LogP contribution in [0, 0.1) is 5.92 Å². The molecule has 0 saturated carbocycles. The fourth-order valence-electron chi connectivity index (χ4n) is 1.73. The Morgan fingerprint density at radius 1 is 1.62 bits per heavy atom. The maximum atomic E-state index is 9.87. The molecule has 78 valence electrons. The lowest BCUT2D eigenvalue weighted by molar-refractivity contribution is -0.117. The van der Waals surface area contributed by atoms with Crippen LogP contribution in [0.5, 0.6) is 0 Å². The standard InChI is InChI=1S/C10H20O3/c1-3-10(2,12)9(11)8-5-4-6-13-7-8/h8-9,11-12H,3-7H2,1-2H3. The van der Waals surface area contributed by atoms with Crippen LogP contribution in [0.4, 0.5) is 0 Å². The second kappa shape index (κ2) is 4.40. The number of aliphatic hydroxyl groups is 2. The van der Waals surface area contributed by atoms with E-state index in [-0.39, 0.29) is 5.92 Å². The third kappa shape index (κ3) is 2.66. The minimum Gasteiger partial charge on any atom is -0.390 e. The third-order valence-electron chi connectivity index (χ3n) is 3.00.